The summed E-state index contributed by atoms with van der Waals surface area (Å²) >= 11 is 0. The van der Waals surface area contributed by atoms with Crippen molar-refractivity contribution in [3.63, 3.8) is 0 Å². The third-order valence-corrected chi connectivity index (χ3v) is 3.38. The van der Waals surface area contributed by atoms with Crippen LogP contribution < -0.4 is 5.32 Å². The van der Waals surface area contributed by atoms with Gasteiger partial charge >= 0.3 is 0 Å². The van der Waals surface area contributed by atoms with Gasteiger partial charge in [-0.3, -0.25) is 9.48 Å². The number of hydrogen-bond acceptors (Lipinski definition) is 3. The molecule has 22 heavy (non-hydrogen) atoms. The molecule has 6 nitrogen and oxygen atoms in total. The first-order chi connectivity index (χ1) is 10.8. The minimum atomic E-state index is 0.0101. The molecule has 0 unspecified atom stereocenters. The van der Waals surface area contributed by atoms with Gasteiger partial charge in [-0.1, -0.05) is 18.2 Å². The normalized spacial score (nSPS) is 10.5. The van der Waals surface area contributed by atoms with E-state index in [9.17, 15) is 4.79 Å². The summed E-state index contributed by atoms with van der Waals surface area (Å²) in [6.07, 6.45) is 9.34. The number of benzene rings is 1. The molecule has 0 fully saturated rings. The largest absolute Gasteiger partial charge is 0.352 e. The molecule has 2 aromatic heterocycles. The van der Waals surface area contributed by atoms with Crippen LogP contribution >= 0.6 is 0 Å². The molecular weight excluding hydrogens is 278 g/mol. The average molecular weight is 295 g/mol. The van der Waals surface area contributed by atoms with Crippen LogP contribution in [0.3, 0.4) is 0 Å². The monoisotopic (exact) mass is 295 g/mol. The topological polar surface area (TPSA) is 64.7 Å². The van der Waals surface area contributed by atoms with Gasteiger partial charge in [0.1, 0.15) is 0 Å². The maximum atomic E-state index is 11.9. The van der Waals surface area contributed by atoms with Crippen molar-refractivity contribution >= 4 is 5.91 Å². The molecule has 0 atom stereocenters. The lowest BCUT2D eigenvalue weighted by Gasteiger charge is -2.11. The van der Waals surface area contributed by atoms with E-state index in [1.807, 2.05) is 47.3 Å². The molecule has 0 spiro atoms. The molecule has 0 saturated heterocycles. The Hall–Kier alpha value is -2.89. The first-order valence-electron chi connectivity index (χ1n) is 7.13. The van der Waals surface area contributed by atoms with Crippen LogP contribution in [0.25, 0.3) is 5.69 Å². The van der Waals surface area contributed by atoms with E-state index in [1.54, 1.807) is 23.4 Å². The predicted molar refractivity (Wildman–Crippen MR) is 82.3 cm³/mol. The second-order valence-electron chi connectivity index (χ2n) is 4.89. The Morgan fingerprint density at radius 2 is 2.05 bits per heavy atom. The van der Waals surface area contributed by atoms with E-state index in [4.69, 9.17) is 0 Å². The highest BCUT2D eigenvalue weighted by atomic mass is 16.1. The molecule has 0 bridgehead atoms. The van der Waals surface area contributed by atoms with E-state index >= 15 is 0 Å². The molecular formula is C16H17N5O. The van der Waals surface area contributed by atoms with Crippen LogP contribution in [-0.2, 0) is 17.9 Å². The van der Waals surface area contributed by atoms with Crippen LogP contribution in [0.5, 0.6) is 0 Å². The molecule has 0 aliphatic carbocycles. The van der Waals surface area contributed by atoms with Crippen LogP contribution in [0, 0.1) is 0 Å². The van der Waals surface area contributed by atoms with Crippen molar-refractivity contribution in [1.82, 2.24) is 24.6 Å². The highest BCUT2D eigenvalue weighted by Gasteiger charge is 2.06. The Bertz CT molecular complexity index is 719. The molecule has 1 N–H and O–H groups in total. The van der Waals surface area contributed by atoms with Crippen molar-refractivity contribution in [1.29, 1.82) is 0 Å². The van der Waals surface area contributed by atoms with Crippen molar-refractivity contribution in [3.8, 4) is 5.69 Å². The first kappa shape index (κ1) is 14.1. The van der Waals surface area contributed by atoms with Crippen molar-refractivity contribution in [3.05, 3.63) is 67.0 Å². The van der Waals surface area contributed by atoms with E-state index in [0.717, 1.165) is 11.3 Å². The number of amides is 1. The Morgan fingerprint density at radius 3 is 2.82 bits per heavy atom. The average Bonchev–Trinajstić information content (AvgIpc) is 3.24. The Morgan fingerprint density at radius 1 is 1.14 bits per heavy atom. The van der Waals surface area contributed by atoms with Crippen LogP contribution in [0.2, 0.25) is 0 Å². The molecule has 0 aliphatic heterocycles. The molecule has 2 heterocycles. The number of para-hydroxylation sites is 1. The van der Waals surface area contributed by atoms with Gasteiger partial charge in [0.2, 0.25) is 5.91 Å². The summed E-state index contributed by atoms with van der Waals surface area (Å²) in [7, 11) is 0. The zero-order valence-electron chi connectivity index (χ0n) is 12.1. The lowest BCUT2D eigenvalue weighted by molar-refractivity contribution is -0.121. The predicted octanol–water partition coefficient (Wildman–Crippen LogP) is 1.78. The third kappa shape index (κ3) is 3.41. The van der Waals surface area contributed by atoms with Gasteiger partial charge in [-0.2, -0.15) is 5.10 Å². The molecule has 6 heteroatoms. The van der Waals surface area contributed by atoms with Crippen LogP contribution in [-0.4, -0.2) is 25.2 Å². The highest BCUT2D eigenvalue weighted by Crippen LogP contribution is 2.13. The summed E-state index contributed by atoms with van der Waals surface area (Å²) in [5, 5.41) is 7.03. The van der Waals surface area contributed by atoms with Crippen LogP contribution in [0.1, 0.15) is 12.0 Å². The minimum Gasteiger partial charge on any atom is -0.352 e. The number of nitrogens with one attached hydrogen (secondary N) is 1. The van der Waals surface area contributed by atoms with Gasteiger partial charge in [-0.15, -0.1) is 0 Å². The molecule has 0 aliphatic rings. The number of carbonyl (C=O) groups is 1. The number of hydrogen-bond donors (Lipinski definition) is 1. The number of imidazole rings is 1. The van der Waals surface area contributed by atoms with E-state index in [1.165, 1.54) is 0 Å². The van der Waals surface area contributed by atoms with Crippen LogP contribution in [0.15, 0.2) is 61.4 Å². The van der Waals surface area contributed by atoms with Crippen LogP contribution in [0.4, 0.5) is 0 Å². The zero-order valence-corrected chi connectivity index (χ0v) is 12.1. The standard InChI is InChI=1S/C16H17N5O/c22-16(6-10-21-9-3-7-19-21)18-12-14-4-1-2-5-15(14)20-11-8-17-13-20/h1-5,7-9,11,13H,6,10,12H2,(H,18,22). The number of nitrogens with zero attached hydrogens (tertiary/aromatic N) is 4. The summed E-state index contributed by atoms with van der Waals surface area (Å²) in [6, 6.07) is 9.79. The smallest absolute Gasteiger partial charge is 0.222 e. The number of rotatable bonds is 6. The Balaban J connectivity index is 1.58. The second-order valence-corrected chi connectivity index (χ2v) is 4.89. The van der Waals surface area contributed by atoms with E-state index in [2.05, 4.69) is 15.4 Å². The maximum absolute atomic E-state index is 11.9. The van der Waals surface area contributed by atoms with Crippen molar-refractivity contribution in [2.75, 3.05) is 0 Å². The molecule has 0 saturated carbocycles. The molecule has 112 valence electrons. The quantitative estimate of drug-likeness (QED) is 0.754. The fourth-order valence-corrected chi connectivity index (χ4v) is 2.24. The van der Waals surface area contributed by atoms with Crippen molar-refractivity contribution in [2.24, 2.45) is 0 Å². The van der Waals surface area contributed by atoms with Gasteiger partial charge in [-0.25, -0.2) is 4.98 Å². The molecule has 0 radical (unpaired) electrons. The van der Waals surface area contributed by atoms with Crippen molar-refractivity contribution < 1.29 is 4.79 Å². The molecule has 3 aromatic rings. The number of carbonyl (C=O) groups excluding carboxylic acids is 1. The zero-order chi connectivity index (χ0) is 15.2. The highest BCUT2D eigenvalue weighted by molar-refractivity contribution is 5.75. The molecule has 3 rings (SSSR count). The summed E-state index contributed by atoms with van der Waals surface area (Å²) in [5.41, 5.74) is 2.07. The number of aryl methyl sites for hydroxylation is 1. The summed E-state index contributed by atoms with van der Waals surface area (Å²) in [5.74, 6) is 0.0101. The van der Waals surface area contributed by atoms with E-state index < -0.39 is 0 Å². The van der Waals surface area contributed by atoms with Gasteiger partial charge in [0.25, 0.3) is 0 Å². The fraction of sp³-hybridized carbons (Fsp3) is 0.188. The second kappa shape index (κ2) is 6.71. The van der Waals surface area contributed by atoms with Gasteiger partial charge in [-0.05, 0) is 17.7 Å². The van der Waals surface area contributed by atoms with E-state index in [-0.39, 0.29) is 5.91 Å². The summed E-state index contributed by atoms with van der Waals surface area (Å²) in [4.78, 5) is 16.0. The van der Waals surface area contributed by atoms with Gasteiger partial charge in [0.15, 0.2) is 0 Å². The molecule has 1 aromatic carbocycles. The SMILES string of the molecule is O=C(CCn1cccn1)NCc1ccccc1-n1ccnc1. The van der Waals surface area contributed by atoms with Gasteiger partial charge < -0.3 is 9.88 Å². The lowest BCUT2D eigenvalue weighted by Crippen LogP contribution is -2.24. The van der Waals surface area contributed by atoms with Crippen molar-refractivity contribution in [2.45, 2.75) is 19.5 Å². The molecule has 1 amide bonds. The van der Waals surface area contributed by atoms with E-state index in [0.29, 0.717) is 19.5 Å². The van der Waals surface area contributed by atoms with Gasteiger partial charge in [0.05, 0.1) is 12.0 Å². The Kier molecular flexibility index (Phi) is 4.29. The minimum absolute atomic E-state index is 0.0101. The summed E-state index contributed by atoms with van der Waals surface area (Å²) in [6.45, 7) is 1.08. The van der Waals surface area contributed by atoms with Gasteiger partial charge in [0, 0.05) is 44.3 Å². The third-order valence-electron chi connectivity index (χ3n) is 3.38. The Labute approximate surface area is 128 Å². The number of aromatic nitrogens is 4. The first-order valence-corrected chi connectivity index (χ1v) is 7.13. The summed E-state index contributed by atoms with van der Waals surface area (Å²) < 4.78 is 3.68. The fourth-order valence-electron chi connectivity index (χ4n) is 2.24. The lowest BCUT2D eigenvalue weighted by atomic mass is 10.1. The maximum Gasteiger partial charge on any atom is 0.222 e.